The largest absolute Gasteiger partial charge is 0.394 e. The summed E-state index contributed by atoms with van der Waals surface area (Å²) < 4.78 is 0. The smallest absolute Gasteiger partial charge is 0.0608 e. The van der Waals surface area contributed by atoms with E-state index in [1.165, 1.54) is 56.1 Å². The molecule has 0 aliphatic heterocycles. The van der Waals surface area contributed by atoms with Gasteiger partial charge >= 0.3 is 0 Å². The van der Waals surface area contributed by atoms with Crippen LogP contribution in [0.4, 0.5) is 0 Å². The summed E-state index contributed by atoms with van der Waals surface area (Å²) in [6, 6.07) is 8.90. The van der Waals surface area contributed by atoms with Crippen molar-refractivity contribution in [1.29, 1.82) is 0 Å². The van der Waals surface area contributed by atoms with Crippen molar-refractivity contribution in [2.24, 2.45) is 5.73 Å². The predicted molar refractivity (Wildman–Crippen MR) is 98.8 cm³/mol. The van der Waals surface area contributed by atoms with Gasteiger partial charge in [0.05, 0.1) is 6.61 Å². The first-order chi connectivity index (χ1) is 10.1. The first-order valence-electron chi connectivity index (χ1n) is 8.55. The van der Waals surface area contributed by atoms with E-state index in [9.17, 15) is 0 Å². The van der Waals surface area contributed by atoms with E-state index in [0.717, 1.165) is 12.8 Å². The van der Waals surface area contributed by atoms with E-state index in [-0.39, 0.29) is 19.0 Å². The molecule has 1 rings (SSSR count). The lowest BCUT2D eigenvalue weighted by Gasteiger charge is -2.21. The number of aryl methyl sites for hydroxylation is 2. The summed E-state index contributed by atoms with van der Waals surface area (Å²) in [5.41, 5.74) is 8.25. The van der Waals surface area contributed by atoms with Crippen LogP contribution >= 0.6 is 12.4 Å². The average Bonchev–Trinajstić information content (AvgIpc) is 2.50. The van der Waals surface area contributed by atoms with Gasteiger partial charge in [-0.15, -0.1) is 12.4 Å². The second kappa shape index (κ2) is 11.9. The van der Waals surface area contributed by atoms with Crippen LogP contribution in [0.1, 0.15) is 69.9 Å². The Hall–Kier alpha value is -0.570. The molecule has 0 radical (unpaired) electrons. The molecule has 1 unspecified atom stereocenters. The highest BCUT2D eigenvalue weighted by molar-refractivity contribution is 5.85. The van der Waals surface area contributed by atoms with Crippen LogP contribution in [0.5, 0.6) is 0 Å². The van der Waals surface area contributed by atoms with E-state index in [2.05, 4.69) is 31.2 Å². The Morgan fingerprint density at radius 1 is 0.909 bits per heavy atom. The lowest BCUT2D eigenvalue weighted by Crippen LogP contribution is -2.40. The van der Waals surface area contributed by atoms with Crippen LogP contribution in [0, 0.1) is 0 Å². The molecule has 0 heterocycles. The second-order valence-corrected chi connectivity index (χ2v) is 6.65. The summed E-state index contributed by atoms with van der Waals surface area (Å²) in [7, 11) is 0. The molecule has 1 atom stereocenters. The Balaban J connectivity index is 0.00000441. The number of hydrogen-bond acceptors (Lipinski definition) is 2. The number of nitrogens with two attached hydrogens (primary N) is 1. The molecule has 0 bridgehead atoms. The summed E-state index contributed by atoms with van der Waals surface area (Å²) in [4.78, 5) is 0. The van der Waals surface area contributed by atoms with Crippen molar-refractivity contribution in [2.75, 3.05) is 6.61 Å². The fourth-order valence-corrected chi connectivity index (χ4v) is 2.49. The molecule has 0 spiro atoms. The summed E-state index contributed by atoms with van der Waals surface area (Å²) in [5, 5.41) is 9.17. The molecule has 1 aromatic rings. The number of halogens is 1. The topological polar surface area (TPSA) is 46.2 Å². The van der Waals surface area contributed by atoms with Gasteiger partial charge in [-0.05, 0) is 43.7 Å². The lowest BCUT2D eigenvalue weighted by molar-refractivity contribution is 0.200. The van der Waals surface area contributed by atoms with Crippen LogP contribution in [0.25, 0.3) is 0 Å². The Bertz CT molecular complexity index is 376. The zero-order valence-corrected chi connectivity index (χ0v) is 15.1. The van der Waals surface area contributed by atoms with E-state index in [1.54, 1.807) is 0 Å². The highest BCUT2D eigenvalue weighted by atomic mass is 35.5. The number of aliphatic hydroxyl groups excluding tert-OH is 1. The summed E-state index contributed by atoms with van der Waals surface area (Å²) in [6.45, 7) is 4.21. The third-order valence-corrected chi connectivity index (χ3v) is 4.19. The molecule has 0 aliphatic rings. The van der Waals surface area contributed by atoms with Crippen molar-refractivity contribution in [1.82, 2.24) is 0 Å². The van der Waals surface area contributed by atoms with E-state index in [4.69, 9.17) is 10.8 Å². The SMILES string of the molecule is CCCCCCCCc1ccc(CCC(C)(N)CO)cc1.Cl. The van der Waals surface area contributed by atoms with E-state index in [1.807, 2.05) is 6.92 Å². The Morgan fingerprint density at radius 3 is 1.95 bits per heavy atom. The maximum absolute atomic E-state index is 9.17. The highest BCUT2D eigenvalue weighted by Gasteiger charge is 2.16. The Morgan fingerprint density at radius 2 is 1.41 bits per heavy atom. The number of unbranched alkanes of at least 4 members (excludes halogenated alkanes) is 5. The minimum Gasteiger partial charge on any atom is -0.394 e. The normalized spacial score (nSPS) is 13.5. The van der Waals surface area contributed by atoms with Gasteiger partial charge in [0.15, 0.2) is 0 Å². The summed E-state index contributed by atoms with van der Waals surface area (Å²) >= 11 is 0. The molecule has 0 aromatic heterocycles. The molecule has 22 heavy (non-hydrogen) atoms. The van der Waals surface area contributed by atoms with Crippen LogP contribution < -0.4 is 5.73 Å². The van der Waals surface area contributed by atoms with Gasteiger partial charge in [0.1, 0.15) is 0 Å². The number of hydrogen-bond donors (Lipinski definition) is 2. The molecular weight excluding hydrogens is 294 g/mol. The Labute approximate surface area is 142 Å². The molecule has 1 aromatic carbocycles. The first kappa shape index (κ1) is 21.4. The molecule has 128 valence electrons. The molecule has 0 saturated heterocycles. The summed E-state index contributed by atoms with van der Waals surface area (Å²) in [6.07, 6.45) is 11.1. The van der Waals surface area contributed by atoms with Crippen LogP contribution in [-0.2, 0) is 12.8 Å². The third-order valence-electron chi connectivity index (χ3n) is 4.19. The van der Waals surface area contributed by atoms with E-state index < -0.39 is 5.54 Å². The highest BCUT2D eigenvalue weighted by Crippen LogP contribution is 2.14. The van der Waals surface area contributed by atoms with Crippen LogP contribution in [0.15, 0.2) is 24.3 Å². The maximum Gasteiger partial charge on any atom is 0.0608 e. The first-order valence-corrected chi connectivity index (χ1v) is 8.55. The number of aliphatic hydroxyl groups is 1. The second-order valence-electron chi connectivity index (χ2n) is 6.65. The minimum atomic E-state index is -0.461. The van der Waals surface area contributed by atoms with E-state index in [0.29, 0.717) is 0 Å². The van der Waals surface area contributed by atoms with Gasteiger partial charge in [0.25, 0.3) is 0 Å². The Kier molecular flexibility index (Phi) is 11.6. The van der Waals surface area contributed by atoms with Gasteiger partial charge in [-0.2, -0.15) is 0 Å². The van der Waals surface area contributed by atoms with Crippen molar-refractivity contribution in [3.8, 4) is 0 Å². The van der Waals surface area contributed by atoms with Gasteiger partial charge in [-0.25, -0.2) is 0 Å². The average molecular weight is 328 g/mol. The fraction of sp³-hybridized carbons (Fsp3) is 0.684. The molecule has 0 fully saturated rings. The van der Waals surface area contributed by atoms with Crippen LogP contribution in [-0.4, -0.2) is 17.3 Å². The van der Waals surface area contributed by atoms with Crippen molar-refractivity contribution in [3.05, 3.63) is 35.4 Å². The van der Waals surface area contributed by atoms with Gasteiger partial charge in [0.2, 0.25) is 0 Å². The van der Waals surface area contributed by atoms with Gasteiger partial charge in [-0.1, -0.05) is 63.3 Å². The number of benzene rings is 1. The van der Waals surface area contributed by atoms with Crippen molar-refractivity contribution >= 4 is 12.4 Å². The van der Waals surface area contributed by atoms with Crippen LogP contribution in [0.2, 0.25) is 0 Å². The molecule has 0 aliphatic carbocycles. The molecule has 2 nitrogen and oxygen atoms in total. The van der Waals surface area contributed by atoms with Gasteiger partial charge in [-0.3, -0.25) is 0 Å². The van der Waals surface area contributed by atoms with Crippen molar-refractivity contribution < 1.29 is 5.11 Å². The van der Waals surface area contributed by atoms with Crippen LogP contribution in [0.3, 0.4) is 0 Å². The lowest BCUT2D eigenvalue weighted by atomic mass is 9.94. The zero-order valence-electron chi connectivity index (χ0n) is 14.3. The standard InChI is InChI=1S/C19H33NO.ClH/c1-3-4-5-6-7-8-9-17-10-12-18(13-11-17)14-15-19(2,20)16-21;/h10-13,21H,3-9,14-16,20H2,1-2H3;1H. The molecule has 3 heteroatoms. The molecule has 3 N–H and O–H groups in total. The van der Waals surface area contributed by atoms with Gasteiger partial charge < -0.3 is 10.8 Å². The molecule has 0 saturated carbocycles. The quantitative estimate of drug-likeness (QED) is 0.581. The van der Waals surface area contributed by atoms with Crippen molar-refractivity contribution in [2.45, 2.75) is 77.2 Å². The summed E-state index contributed by atoms with van der Waals surface area (Å²) in [5.74, 6) is 0. The van der Waals surface area contributed by atoms with Crippen molar-refractivity contribution in [3.63, 3.8) is 0 Å². The molecule has 0 amide bonds. The maximum atomic E-state index is 9.17. The number of rotatable bonds is 11. The zero-order chi connectivity index (χ0) is 15.6. The molecular formula is C19H34ClNO. The minimum absolute atomic E-state index is 0. The third kappa shape index (κ3) is 9.45. The predicted octanol–water partition coefficient (Wildman–Crippen LogP) is 4.65. The fourth-order valence-electron chi connectivity index (χ4n) is 2.49. The monoisotopic (exact) mass is 327 g/mol. The van der Waals surface area contributed by atoms with E-state index >= 15 is 0 Å². The van der Waals surface area contributed by atoms with Gasteiger partial charge in [0, 0.05) is 5.54 Å².